The van der Waals surface area contributed by atoms with Gasteiger partial charge in [-0.3, -0.25) is 9.69 Å². The predicted octanol–water partition coefficient (Wildman–Crippen LogP) is 6.92. The van der Waals surface area contributed by atoms with Crippen LogP contribution in [0.1, 0.15) is 30.1 Å². The number of fused-ring (bicyclic) bond motifs is 3. The van der Waals surface area contributed by atoms with Crippen LogP contribution in [0.25, 0.3) is 5.69 Å². The van der Waals surface area contributed by atoms with E-state index in [4.69, 9.17) is 23.2 Å². The smallest absolute Gasteiger partial charge is 0.316 e. The first-order valence-corrected chi connectivity index (χ1v) is 12.9. The van der Waals surface area contributed by atoms with Gasteiger partial charge in [-0.25, -0.2) is 4.79 Å². The standard InChI is InChI=1S/C29H24Cl2N4O2/c30-20-9-7-19(8-10-20)28-26-6-3-17-33(26)24-4-1-2-5-25(24)35(28)27(36)18-34(23-15-16-23)29(37)32-22-13-11-21(31)12-14-22/h1-14,17,23,28H,15-16,18H2,(H,32,37). The summed E-state index contributed by atoms with van der Waals surface area (Å²) >= 11 is 12.2. The second-order valence-electron chi connectivity index (χ2n) is 9.31. The number of para-hydroxylation sites is 2. The SMILES string of the molecule is O=C(Nc1ccc(Cl)cc1)N(CC(=O)N1c2ccccc2-n2cccc2C1c1ccc(Cl)cc1)C1CC1. The minimum Gasteiger partial charge on any atom is -0.316 e. The molecule has 6 rings (SSSR count). The Kier molecular flexibility index (Phi) is 6.14. The van der Waals surface area contributed by atoms with Gasteiger partial charge in [0.1, 0.15) is 12.6 Å². The molecule has 1 N–H and O–H groups in total. The van der Waals surface area contributed by atoms with Crippen LogP contribution in [-0.2, 0) is 4.79 Å². The summed E-state index contributed by atoms with van der Waals surface area (Å²) in [5, 5.41) is 4.14. The fourth-order valence-corrected chi connectivity index (χ4v) is 5.18. The van der Waals surface area contributed by atoms with E-state index in [0.29, 0.717) is 15.7 Å². The molecule has 1 saturated carbocycles. The molecule has 2 heterocycles. The molecule has 6 nitrogen and oxygen atoms in total. The van der Waals surface area contributed by atoms with Gasteiger partial charge in [-0.15, -0.1) is 0 Å². The molecule has 1 fully saturated rings. The Hall–Kier alpha value is -3.74. The molecule has 0 bridgehead atoms. The molecular weight excluding hydrogens is 507 g/mol. The van der Waals surface area contributed by atoms with Crippen molar-refractivity contribution in [2.24, 2.45) is 0 Å². The van der Waals surface area contributed by atoms with Crippen LogP contribution in [0, 0.1) is 0 Å². The van der Waals surface area contributed by atoms with Crippen LogP contribution in [0.5, 0.6) is 0 Å². The summed E-state index contributed by atoms with van der Waals surface area (Å²) in [6.07, 6.45) is 3.76. The number of hydrogen-bond acceptors (Lipinski definition) is 2. The predicted molar refractivity (Wildman–Crippen MR) is 147 cm³/mol. The van der Waals surface area contributed by atoms with Gasteiger partial charge < -0.3 is 14.8 Å². The molecule has 1 atom stereocenters. The first kappa shape index (κ1) is 23.6. The molecule has 2 aliphatic rings. The van der Waals surface area contributed by atoms with E-state index in [1.165, 1.54) is 0 Å². The molecule has 1 aliphatic carbocycles. The molecule has 0 saturated heterocycles. The summed E-state index contributed by atoms with van der Waals surface area (Å²) in [5.74, 6) is -0.155. The van der Waals surface area contributed by atoms with Crippen LogP contribution in [-0.4, -0.2) is 34.0 Å². The lowest BCUT2D eigenvalue weighted by Gasteiger charge is -2.39. The number of halogens is 2. The first-order chi connectivity index (χ1) is 18.0. The number of aromatic nitrogens is 1. The van der Waals surface area contributed by atoms with E-state index in [0.717, 1.165) is 35.5 Å². The number of rotatable bonds is 5. The zero-order valence-corrected chi connectivity index (χ0v) is 21.4. The van der Waals surface area contributed by atoms with E-state index < -0.39 is 0 Å². The number of anilines is 2. The largest absolute Gasteiger partial charge is 0.322 e. The average molecular weight is 531 g/mol. The van der Waals surface area contributed by atoms with Gasteiger partial charge in [0.25, 0.3) is 0 Å². The first-order valence-electron chi connectivity index (χ1n) is 12.2. The zero-order valence-electron chi connectivity index (χ0n) is 19.9. The molecule has 8 heteroatoms. The van der Waals surface area contributed by atoms with Gasteiger partial charge in [-0.1, -0.05) is 47.5 Å². The van der Waals surface area contributed by atoms with Gasteiger partial charge in [-0.05, 0) is 79.1 Å². The van der Waals surface area contributed by atoms with Gasteiger partial charge in [0.2, 0.25) is 5.91 Å². The summed E-state index contributed by atoms with van der Waals surface area (Å²) in [6.45, 7) is -0.0385. The number of nitrogens with one attached hydrogen (secondary N) is 1. The molecule has 1 aliphatic heterocycles. The van der Waals surface area contributed by atoms with Crippen molar-refractivity contribution in [2.75, 3.05) is 16.8 Å². The highest BCUT2D eigenvalue weighted by atomic mass is 35.5. The Balaban J connectivity index is 1.35. The maximum atomic E-state index is 14.1. The molecule has 1 unspecified atom stereocenters. The highest BCUT2D eigenvalue weighted by Gasteiger charge is 2.40. The van der Waals surface area contributed by atoms with Crippen molar-refractivity contribution in [1.82, 2.24) is 9.47 Å². The number of nitrogens with zero attached hydrogens (tertiary/aromatic N) is 3. The fourth-order valence-electron chi connectivity index (χ4n) is 4.93. The van der Waals surface area contributed by atoms with Gasteiger partial charge in [0.05, 0.1) is 17.1 Å². The van der Waals surface area contributed by atoms with E-state index in [1.54, 1.807) is 29.2 Å². The number of amides is 3. The van der Waals surface area contributed by atoms with E-state index in [-0.39, 0.29) is 30.6 Å². The number of carbonyl (C=O) groups excluding carboxylic acids is 2. The number of hydrogen-bond donors (Lipinski definition) is 1. The topological polar surface area (TPSA) is 57.6 Å². The summed E-state index contributed by atoms with van der Waals surface area (Å²) in [5.41, 5.74) is 4.26. The van der Waals surface area contributed by atoms with E-state index >= 15 is 0 Å². The quantitative estimate of drug-likeness (QED) is 0.304. The molecular formula is C29H24Cl2N4O2. The van der Waals surface area contributed by atoms with Crippen molar-refractivity contribution in [2.45, 2.75) is 24.9 Å². The van der Waals surface area contributed by atoms with Crippen molar-refractivity contribution in [1.29, 1.82) is 0 Å². The van der Waals surface area contributed by atoms with Crippen LogP contribution < -0.4 is 10.2 Å². The Bertz CT molecular complexity index is 1460. The van der Waals surface area contributed by atoms with Crippen LogP contribution >= 0.6 is 23.2 Å². The molecule has 37 heavy (non-hydrogen) atoms. The minimum absolute atomic E-state index is 0.0362. The van der Waals surface area contributed by atoms with E-state index in [1.807, 2.05) is 71.8 Å². The third kappa shape index (κ3) is 4.59. The van der Waals surface area contributed by atoms with Crippen molar-refractivity contribution in [3.05, 3.63) is 112 Å². The molecule has 0 spiro atoms. The highest BCUT2D eigenvalue weighted by Crippen LogP contribution is 2.42. The lowest BCUT2D eigenvalue weighted by atomic mass is 9.97. The van der Waals surface area contributed by atoms with Crippen LogP contribution in [0.4, 0.5) is 16.2 Å². The monoisotopic (exact) mass is 530 g/mol. The Labute approximate surface area is 225 Å². The highest BCUT2D eigenvalue weighted by molar-refractivity contribution is 6.30. The maximum absolute atomic E-state index is 14.1. The van der Waals surface area contributed by atoms with Crippen LogP contribution in [0.2, 0.25) is 10.0 Å². The summed E-state index contributed by atoms with van der Waals surface area (Å²) in [4.78, 5) is 30.9. The van der Waals surface area contributed by atoms with Crippen molar-refractivity contribution < 1.29 is 9.59 Å². The fraction of sp³-hybridized carbons (Fsp3) is 0.172. The average Bonchev–Trinajstić information content (AvgIpc) is 3.63. The zero-order chi connectivity index (χ0) is 25.5. The van der Waals surface area contributed by atoms with Crippen molar-refractivity contribution >= 4 is 46.5 Å². The third-order valence-electron chi connectivity index (χ3n) is 6.82. The summed E-state index contributed by atoms with van der Waals surface area (Å²) < 4.78 is 2.12. The van der Waals surface area contributed by atoms with Gasteiger partial charge in [0.15, 0.2) is 0 Å². The summed E-state index contributed by atoms with van der Waals surface area (Å²) in [6, 6.07) is 25.7. The van der Waals surface area contributed by atoms with Gasteiger partial charge >= 0.3 is 6.03 Å². The third-order valence-corrected chi connectivity index (χ3v) is 7.33. The maximum Gasteiger partial charge on any atom is 0.322 e. The van der Waals surface area contributed by atoms with E-state index in [2.05, 4.69) is 9.88 Å². The second kappa shape index (κ2) is 9.61. The van der Waals surface area contributed by atoms with Gasteiger partial charge in [-0.2, -0.15) is 0 Å². The van der Waals surface area contributed by atoms with Crippen LogP contribution in [0.15, 0.2) is 91.1 Å². The second-order valence-corrected chi connectivity index (χ2v) is 10.2. The Morgan fingerprint density at radius 2 is 1.49 bits per heavy atom. The molecule has 3 aromatic carbocycles. The Morgan fingerprint density at radius 1 is 0.838 bits per heavy atom. The van der Waals surface area contributed by atoms with Crippen molar-refractivity contribution in [3.8, 4) is 5.69 Å². The molecule has 186 valence electrons. The number of carbonyl (C=O) groups is 2. The number of urea groups is 1. The molecule has 0 radical (unpaired) electrons. The number of benzene rings is 3. The lowest BCUT2D eigenvalue weighted by Crippen LogP contribution is -2.48. The Morgan fingerprint density at radius 3 is 2.16 bits per heavy atom. The van der Waals surface area contributed by atoms with Crippen LogP contribution in [0.3, 0.4) is 0 Å². The van der Waals surface area contributed by atoms with Gasteiger partial charge in [0, 0.05) is 28.0 Å². The van der Waals surface area contributed by atoms with E-state index in [9.17, 15) is 9.59 Å². The molecule has 1 aromatic heterocycles. The minimum atomic E-state index is -0.366. The van der Waals surface area contributed by atoms with Crippen molar-refractivity contribution in [3.63, 3.8) is 0 Å². The molecule has 3 amide bonds. The molecule has 4 aromatic rings. The lowest BCUT2D eigenvalue weighted by molar-refractivity contribution is -0.119. The summed E-state index contributed by atoms with van der Waals surface area (Å²) in [7, 11) is 0. The normalized spacial score (nSPS) is 16.1.